The maximum absolute atomic E-state index is 2.16. The molecule has 0 saturated heterocycles. The molecule has 1 aromatic rings. The van der Waals surface area contributed by atoms with Crippen molar-refractivity contribution < 1.29 is 0 Å². The molecular formula is C13H17N. The fourth-order valence-corrected chi connectivity index (χ4v) is 1.12. The van der Waals surface area contributed by atoms with Crippen molar-refractivity contribution in [2.24, 2.45) is 0 Å². The van der Waals surface area contributed by atoms with Gasteiger partial charge < -0.3 is 4.90 Å². The molecule has 0 heterocycles. The Hall–Kier alpha value is -1.50. The van der Waals surface area contributed by atoms with Gasteiger partial charge in [-0.2, -0.15) is 0 Å². The molecule has 0 aromatic heterocycles. The third kappa shape index (κ3) is 4.51. The SMILES string of the molecule is CN(C)C=CCC=Cc1ccccc1. The standard InChI is InChI=1S/C13H17N/c1-14(2)12-8-4-7-11-13-9-5-3-6-10-13/h3,5-12H,4H2,1-2H3. The van der Waals surface area contributed by atoms with Crippen molar-refractivity contribution in [2.75, 3.05) is 14.1 Å². The van der Waals surface area contributed by atoms with Gasteiger partial charge >= 0.3 is 0 Å². The van der Waals surface area contributed by atoms with Gasteiger partial charge in [-0.15, -0.1) is 0 Å². The van der Waals surface area contributed by atoms with Crippen molar-refractivity contribution in [1.29, 1.82) is 0 Å². The van der Waals surface area contributed by atoms with Gasteiger partial charge in [0.1, 0.15) is 0 Å². The van der Waals surface area contributed by atoms with Crippen LogP contribution in [0, 0.1) is 0 Å². The molecule has 0 bridgehead atoms. The second-order valence-electron chi connectivity index (χ2n) is 3.40. The van der Waals surface area contributed by atoms with Crippen LogP contribution in [0.4, 0.5) is 0 Å². The van der Waals surface area contributed by atoms with Gasteiger partial charge in [0, 0.05) is 14.1 Å². The van der Waals surface area contributed by atoms with E-state index >= 15 is 0 Å². The molecule has 0 spiro atoms. The predicted molar refractivity (Wildman–Crippen MR) is 62.9 cm³/mol. The summed E-state index contributed by atoms with van der Waals surface area (Å²) in [6.45, 7) is 0. The first kappa shape index (κ1) is 10.6. The van der Waals surface area contributed by atoms with E-state index in [1.54, 1.807) is 0 Å². The van der Waals surface area contributed by atoms with Crippen molar-refractivity contribution >= 4 is 6.08 Å². The molecule has 0 aliphatic carbocycles. The molecule has 1 rings (SSSR count). The average Bonchev–Trinajstić information content (AvgIpc) is 2.18. The number of nitrogens with zero attached hydrogens (tertiary/aromatic N) is 1. The highest BCUT2D eigenvalue weighted by Crippen LogP contribution is 2.01. The Bertz CT molecular complexity index is 296. The van der Waals surface area contributed by atoms with Gasteiger partial charge in [0.25, 0.3) is 0 Å². The Morgan fingerprint density at radius 3 is 2.43 bits per heavy atom. The summed E-state index contributed by atoms with van der Waals surface area (Å²) in [5, 5.41) is 0. The zero-order chi connectivity index (χ0) is 10.2. The summed E-state index contributed by atoms with van der Waals surface area (Å²) in [5.41, 5.74) is 1.26. The minimum absolute atomic E-state index is 0.979. The first-order chi connectivity index (χ1) is 6.79. The van der Waals surface area contributed by atoms with Crippen LogP contribution in [-0.4, -0.2) is 19.0 Å². The van der Waals surface area contributed by atoms with Crippen molar-refractivity contribution in [2.45, 2.75) is 6.42 Å². The van der Waals surface area contributed by atoms with Crippen molar-refractivity contribution in [3.05, 3.63) is 54.2 Å². The van der Waals surface area contributed by atoms with Crippen molar-refractivity contribution in [3.8, 4) is 0 Å². The maximum atomic E-state index is 2.16. The first-order valence-electron chi connectivity index (χ1n) is 4.84. The zero-order valence-electron chi connectivity index (χ0n) is 8.85. The monoisotopic (exact) mass is 187 g/mol. The molecule has 74 valence electrons. The quantitative estimate of drug-likeness (QED) is 0.700. The molecule has 0 saturated carbocycles. The van der Waals surface area contributed by atoms with E-state index < -0.39 is 0 Å². The van der Waals surface area contributed by atoms with Gasteiger partial charge in [-0.05, 0) is 18.2 Å². The summed E-state index contributed by atoms with van der Waals surface area (Å²) < 4.78 is 0. The second kappa shape index (κ2) is 6.03. The predicted octanol–water partition coefficient (Wildman–Crippen LogP) is 3.17. The van der Waals surface area contributed by atoms with Crippen LogP contribution >= 0.6 is 0 Å². The molecule has 0 N–H and O–H groups in total. The van der Waals surface area contributed by atoms with Gasteiger partial charge in [0.2, 0.25) is 0 Å². The molecule has 0 atom stereocenters. The van der Waals surface area contributed by atoms with E-state index in [0.717, 1.165) is 6.42 Å². The lowest BCUT2D eigenvalue weighted by atomic mass is 10.2. The molecule has 14 heavy (non-hydrogen) atoms. The minimum atomic E-state index is 0.979. The molecule has 0 aliphatic heterocycles. The maximum Gasteiger partial charge on any atom is 0.00555 e. The lowest BCUT2D eigenvalue weighted by Gasteiger charge is -2.01. The molecule has 0 unspecified atom stereocenters. The van der Waals surface area contributed by atoms with E-state index in [2.05, 4.69) is 48.7 Å². The van der Waals surface area contributed by atoms with Crippen LogP contribution in [0.3, 0.4) is 0 Å². The zero-order valence-corrected chi connectivity index (χ0v) is 8.85. The fraction of sp³-hybridized carbons (Fsp3) is 0.231. The lowest BCUT2D eigenvalue weighted by molar-refractivity contribution is 0.562. The highest BCUT2D eigenvalue weighted by atomic mass is 15.0. The Kier molecular flexibility index (Phi) is 4.56. The normalized spacial score (nSPS) is 11.3. The van der Waals surface area contributed by atoms with Gasteiger partial charge in [-0.3, -0.25) is 0 Å². The van der Waals surface area contributed by atoms with Crippen molar-refractivity contribution in [1.82, 2.24) is 4.90 Å². The van der Waals surface area contributed by atoms with E-state index in [0.29, 0.717) is 0 Å². The van der Waals surface area contributed by atoms with Crippen LogP contribution in [-0.2, 0) is 0 Å². The third-order valence-corrected chi connectivity index (χ3v) is 1.79. The molecule has 1 heteroatoms. The fourth-order valence-electron chi connectivity index (χ4n) is 1.12. The number of rotatable bonds is 4. The van der Waals surface area contributed by atoms with Crippen molar-refractivity contribution in [3.63, 3.8) is 0 Å². The highest BCUT2D eigenvalue weighted by Gasteiger charge is 1.80. The van der Waals surface area contributed by atoms with Crippen LogP contribution in [0.5, 0.6) is 0 Å². The molecular weight excluding hydrogens is 170 g/mol. The van der Waals surface area contributed by atoms with E-state index in [1.807, 2.05) is 25.1 Å². The summed E-state index contributed by atoms with van der Waals surface area (Å²) in [7, 11) is 4.05. The Balaban J connectivity index is 2.35. The number of allylic oxidation sites excluding steroid dienone is 2. The molecule has 0 fully saturated rings. The topological polar surface area (TPSA) is 3.24 Å². The molecule has 0 amide bonds. The summed E-state index contributed by atoms with van der Waals surface area (Å²) in [6.07, 6.45) is 9.48. The van der Waals surface area contributed by atoms with E-state index in [4.69, 9.17) is 0 Å². The molecule has 1 aromatic carbocycles. The van der Waals surface area contributed by atoms with Gasteiger partial charge in [0.15, 0.2) is 0 Å². The van der Waals surface area contributed by atoms with E-state index in [9.17, 15) is 0 Å². The summed E-state index contributed by atoms with van der Waals surface area (Å²) >= 11 is 0. The summed E-state index contributed by atoms with van der Waals surface area (Å²) in [5.74, 6) is 0. The summed E-state index contributed by atoms with van der Waals surface area (Å²) in [4.78, 5) is 2.04. The van der Waals surface area contributed by atoms with Gasteiger partial charge in [0.05, 0.1) is 0 Å². The average molecular weight is 187 g/mol. The molecule has 0 aliphatic rings. The van der Waals surface area contributed by atoms with Crippen LogP contribution in [0.2, 0.25) is 0 Å². The highest BCUT2D eigenvalue weighted by molar-refractivity contribution is 5.48. The smallest absolute Gasteiger partial charge is 0.00555 e. The van der Waals surface area contributed by atoms with Crippen LogP contribution in [0.15, 0.2) is 48.7 Å². The first-order valence-corrected chi connectivity index (χ1v) is 4.84. The van der Waals surface area contributed by atoms with Gasteiger partial charge in [-0.25, -0.2) is 0 Å². The van der Waals surface area contributed by atoms with E-state index in [-0.39, 0.29) is 0 Å². The Morgan fingerprint density at radius 1 is 1.07 bits per heavy atom. The van der Waals surface area contributed by atoms with Crippen LogP contribution in [0.25, 0.3) is 6.08 Å². The van der Waals surface area contributed by atoms with Crippen LogP contribution < -0.4 is 0 Å². The van der Waals surface area contributed by atoms with E-state index in [1.165, 1.54) is 5.56 Å². The lowest BCUT2D eigenvalue weighted by Crippen LogP contribution is -1.99. The third-order valence-electron chi connectivity index (χ3n) is 1.79. The number of hydrogen-bond donors (Lipinski definition) is 0. The van der Waals surface area contributed by atoms with Crippen LogP contribution in [0.1, 0.15) is 12.0 Å². The summed E-state index contributed by atoms with van der Waals surface area (Å²) in [6, 6.07) is 10.3. The minimum Gasteiger partial charge on any atom is -0.384 e. The molecule has 0 radical (unpaired) electrons. The number of hydrogen-bond acceptors (Lipinski definition) is 1. The second-order valence-corrected chi connectivity index (χ2v) is 3.40. The van der Waals surface area contributed by atoms with Gasteiger partial charge in [-0.1, -0.05) is 48.6 Å². The largest absolute Gasteiger partial charge is 0.384 e. The Labute approximate surface area is 86.4 Å². The molecule has 1 nitrogen and oxygen atoms in total. The Morgan fingerprint density at radius 2 is 1.79 bits per heavy atom. The number of benzene rings is 1.